The minimum atomic E-state index is -2.97. The molecule has 2 rings (SSSR count). The first-order chi connectivity index (χ1) is 12.4. The summed E-state index contributed by atoms with van der Waals surface area (Å²) in [6.07, 6.45) is 0. The normalized spacial score (nSPS) is 10.3. The number of para-hydroxylation sites is 2. The molecule has 0 atom stereocenters. The van der Waals surface area contributed by atoms with Gasteiger partial charge in [0, 0.05) is 5.56 Å². The zero-order valence-electron chi connectivity index (χ0n) is 13.6. The van der Waals surface area contributed by atoms with Crippen molar-refractivity contribution in [1.82, 2.24) is 5.32 Å². The topological polar surface area (TPSA) is 59.6 Å². The summed E-state index contributed by atoms with van der Waals surface area (Å²) in [5.41, 5.74) is 0.563. The van der Waals surface area contributed by atoms with E-state index in [-0.39, 0.29) is 16.5 Å². The Morgan fingerprint density at radius 2 is 1.96 bits per heavy atom. The first-order valence-electron chi connectivity index (χ1n) is 7.49. The van der Waals surface area contributed by atoms with Gasteiger partial charge in [0.2, 0.25) is 0 Å². The van der Waals surface area contributed by atoms with E-state index in [0.717, 1.165) is 0 Å². The Kier molecular flexibility index (Phi) is 7.28. The molecule has 0 unspecified atom stereocenters. The average molecular weight is 445 g/mol. The monoisotopic (exact) mass is 444 g/mol. The molecular weight excluding hydrogens is 430 g/mol. The number of hydrogen-bond acceptors (Lipinski definition) is 4. The lowest BCUT2D eigenvalue weighted by Gasteiger charge is -2.14. The Balaban J connectivity index is 2.04. The number of alkyl halides is 2. The van der Waals surface area contributed by atoms with Crippen molar-refractivity contribution in [2.45, 2.75) is 13.5 Å². The highest BCUT2D eigenvalue weighted by molar-refractivity contribution is 9.10. The molecule has 0 aliphatic carbocycles. The highest BCUT2D eigenvalue weighted by Gasteiger charge is 2.13. The smallest absolute Gasteiger partial charge is 0.387 e. The molecule has 0 radical (unpaired) electrons. The van der Waals surface area contributed by atoms with E-state index in [1.54, 1.807) is 30.3 Å². The number of rotatable bonds is 6. The molecule has 9 heteroatoms. The lowest BCUT2D eigenvalue weighted by atomic mass is 10.2. The molecule has 26 heavy (non-hydrogen) atoms. The number of nitrogens with one attached hydrogen (secondary N) is 2. The molecule has 0 spiro atoms. The van der Waals surface area contributed by atoms with Gasteiger partial charge in [0.1, 0.15) is 11.5 Å². The van der Waals surface area contributed by atoms with Crippen LogP contribution in [0.25, 0.3) is 0 Å². The number of carbonyl (C=O) groups is 1. The van der Waals surface area contributed by atoms with E-state index < -0.39 is 12.5 Å². The Morgan fingerprint density at radius 3 is 2.62 bits per heavy atom. The third-order valence-corrected chi connectivity index (χ3v) is 3.90. The van der Waals surface area contributed by atoms with Crippen molar-refractivity contribution in [3.05, 3.63) is 52.5 Å². The van der Waals surface area contributed by atoms with E-state index in [9.17, 15) is 13.6 Å². The summed E-state index contributed by atoms with van der Waals surface area (Å²) in [4.78, 5) is 12.3. The van der Waals surface area contributed by atoms with Crippen LogP contribution in [0.2, 0.25) is 0 Å². The molecule has 2 aromatic carbocycles. The number of carbonyl (C=O) groups excluding carboxylic acids is 1. The highest BCUT2D eigenvalue weighted by atomic mass is 79.9. The number of amides is 1. The summed E-state index contributed by atoms with van der Waals surface area (Å²) in [7, 11) is 0. The van der Waals surface area contributed by atoms with E-state index in [0.29, 0.717) is 22.4 Å². The molecular formula is C17H15BrF2N2O3S. The standard InChI is InChI=1S/C17H15BrF2N2O3S/c1-2-24-13-8-7-10(9-11(13)18)15(23)22-17(26)21-12-5-3-4-6-14(12)25-16(19)20/h3-9,16H,2H2,1H3,(H2,21,22,23,26). The number of hydrogen-bond donors (Lipinski definition) is 2. The van der Waals surface area contributed by atoms with Crippen molar-refractivity contribution < 1.29 is 23.0 Å². The molecule has 0 bridgehead atoms. The minimum absolute atomic E-state index is 0.0506. The van der Waals surface area contributed by atoms with Crippen LogP contribution in [0.5, 0.6) is 11.5 Å². The second-order valence-electron chi connectivity index (χ2n) is 4.86. The van der Waals surface area contributed by atoms with Crippen LogP contribution in [0.4, 0.5) is 14.5 Å². The van der Waals surface area contributed by atoms with Gasteiger partial charge in [-0.2, -0.15) is 8.78 Å². The molecule has 0 aliphatic heterocycles. The van der Waals surface area contributed by atoms with Gasteiger partial charge in [0.05, 0.1) is 16.8 Å². The highest BCUT2D eigenvalue weighted by Crippen LogP contribution is 2.27. The molecule has 0 heterocycles. The van der Waals surface area contributed by atoms with E-state index >= 15 is 0 Å². The molecule has 0 aromatic heterocycles. The zero-order chi connectivity index (χ0) is 19.1. The van der Waals surface area contributed by atoms with Crippen LogP contribution in [-0.4, -0.2) is 24.2 Å². The second kappa shape index (κ2) is 9.44. The Bertz CT molecular complexity index is 805. The first kappa shape index (κ1) is 20.1. The van der Waals surface area contributed by atoms with E-state index in [2.05, 4.69) is 31.3 Å². The summed E-state index contributed by atoms with van der Waals surface area (Å²) in [5.74, 6) is 0.0734. The van der Waals surface area contributed by atoms with Gasteiger partial charge in [0.15, 0.2) is 5.11 Å². The van der Waals surface area contributed by atoms with Gasteiger partial charge in [-0.05, 0) is 65.4 Å². The van der Waals surface area contributed by atoms with Crippen molar-refractivity contribution in [3.8, 4) is 11.5 Å². The van der Waals surface area contributed by atoms with Crippen molar-refractivity contribution in [1.29, 1.82) is 0 Å². The molecule has 0 fully saturated rings. The number of thiocarbonyl (C=S) groups is 1. The maximum atomic E-state index is 12.4. The summed E-state index contributed by atoms with van der Waals surface area (Å²) in [6.45, 7) is -0.618. The molecule has 0 saturated heterocycles. The second-order valence-corrected chi connectivity index (χ2v) is 6.12. The number of halogens is 3. The summed E-state index contributed by atoms with van der Waals surface area (Å²) in [5, 5.41) is 5.10. The van der Waals surface area contributed by atoms with E-state index in [4.69, 9.17) is 17.0 Å². The summed E-state index contributed by atoms with van der Waals surface area (Å²) >= 11 is 8.39. The third-order valence-electron chi connectivity index (χ3n) is 3.07. The number of anilines is 1. The van der Waals surface area contributed by atoms with Crippen LogP contribution in [0, 0.1) is 0 Å². The molecule has 2 N–H and O–H groups in total. The quantitative estimate of drug-likeness (QED) is 0.638. The van der Waals surface area contributed by atoms with Crippen molar-refractivity contribution in [2.75, 3.05) is 11.9 Å². The average Bonchev–Trinajstić information content (AvgIpc) is 2.58. The molecule has 138 valence electrons. The van der Waals surface area contributed by atoms with Crippen LogP contribution in [0.15, 0.2) is 46.9 Å². The van der Waals surface area contributed by atoms with Gasteiger partial charge < -0.3 is 14.8 Å². The summed E-state index contributed by atoms with van der Waals surface area (Å²) in [6, 6.07) is 10.9. The van der Waals surface area contributed by atoms with Gasteiger partial charge in [-0.1, -0.05) is 12.1 Å². The molecule has 2 aromatic rings. The zero-order valence-corrected chi connectivity index (χ0v) is 16.0. The first-order valence-corrected chi connectivity index (χ1v) is 8.69. The molecule has 1 amide bonds. The largest absolute Gasteiger partial charge is 0.493 e. The van der Waals surface area contributed by atoms with Crippen LogP contribution in [0.1, 0.15) is 17.3 Å². The van der Waals surface area contributed by atoms with Gasteiger partial charge in [-0.15, -0.1) is 0 Å². The van der Waals surface area contributed by atoms with Crippen LogP contribution >= 0.6 is 28.1 Å². The summed E-state index contributed by atoms with van der Waals surface area (Å²) < 4.78 is 35.3. The SMILES string of the molecule is CCOc1ccc(C(=O)NC(=S)Nc2ccccc2OC(F)F)cc1Br. The maximum Gasteiger partial charge on any atom is 0.387 e. The number of benzene rings is 2. The Labute approximate surface area is 162 Å². The maximum absolute atomic E-state index is 12.4. The molecule has 0 saturated carbocycles. The third kappa shape index (κ3) is 5.63. The van der Waals surface area contributed by atoms with Gasteiger partial charge in [-0.3, -0.25) is 10.1 Å². The van der Waals surface area contributed by atoms with Crippen molar-refractivity contribution >= 4 is 44.9 Å². The fourth-order valence-corrected chi connectivity index (χ4v) is 2.71. The van der Waals surface area contributed by atoms with E-state index in [1.807, 2.05) is 6.92 Å². The fraction of sp³-hybridized carbons (Fsp3) is 0.176. The van der Waals surface area contributed by atoms with E-state index in [1.165, 1.54) is 12.1 Å². The fourth-order valence-electron chi connectivity index (χ4n) is 2.01. The van der Waals surface area contributed by atoms with Crippen molar-refractivity contribution in [2.24, 2.45) is 0 Å². The van der Waals surface area contributed by atoms with Crippen LogP contribution in [-0.2, 0) is 0 Å². The van der Waals surface area contributed by atoms with Gasteiger partial charge in [-0.25, -0.2) is 0 Å². The number of ether oxygens (including phenoxy) is 2. The lowest BCUT2D eigenvalue weighted by Crippen LogP contribution is -2.34. The van der Waals surface area contributed by atoms with Gasteiger partial charge in [0.25, 0.3) is 5.91 Å². The predicted molar refractivity (Wildman–Crippen MR) is 102 cm³/mol. The lowest BCUT2D eigenvalue weighted by molar-refractivity contribution is -0.0493. The van der Waals surface area contributed by atoms with Gasteiger partial charge >= 0.3 is 6.61 Å². The molecule has 5 nitrogen and oxygen atoms in total. The Morgan fingerprint density at radius 1 is 1.23 bits per heavy atom. The Hall–Kier alpha value is -2.26. The van der Waals surface area contributed by atoms with Crippen LogP contribution in [0.3, 0.4) is 0 Å². The van der Waals surface area contributed by atoms with Crippen molar-refractivity contribution in [3.63, 3.8) is 0 Å². The predicted octanol–water partition coefficient (Wildman–Crippen LogP) is 4.58. The van der Waals surface area contributed by atoms with Crippen LogP contribution < -0.4 is 20.1 Å². The minimum Gasteiger partial charge on any atom is -0.493 e. The molecule has 0 aliphatic rings.